The van der Waals surface area contributed by atoms with E-state index in [1.807, 2.05) is 14.0 Å². The third-order valence-electron chi connectivity index (χ3n) is 4.82. The minimum absolute atomic E-state index is 0.0450. The summed E-state index contributed by atoms with van der Waals surface area (Å²) < 4.78 is 0. The number of carbonyl (C=O) groups is 2. The maximum absolute atomic E-state index is 12.5. The van der Waals surface area contributed by atoms with Crippen molar-refractivity contribution in [2.75, 3.05) is 13.6 Å². The van der Waals surface area contributed by atoms with E-state index in [9.17, 15) is 14.7 Å². The van der Waals surface area contributed by atoms with E-state index in [-0.39, 0.29) is 11.8 Å². The molecule has 4 nitrogen and oxygen atoms in total. The minimum atomic E-state index is -0.808. The third kappa shape index (κ3) is 3.28. The number of amides is 1. The largest absolute Gasteiger partial charge is 0.481 e. The van der Waals surface area contributed by atoms with Crippen molar-refractivity contribution in [3.8, 4) is 0 Å². The molecule has 0 spiro atoms. The van der Waals surface area contributed by atoms with Crippen LogP contribution in [0.4, 0.5) is 0 Å². The van der Waals surface area contributed by atoms with Crippen LogP contribution in [-0.2, 0) is 9.59 Å². The molecular weight excluding hydrogens is 242 g/mol. The number of hydrogen-bond donors (Lipinski definition) is 1. The van der Waals surface area contributed by atoms with Gasteiger partial charge in [-0.3, -0.25) is 9.59 Å². The zero-order chi connectivity index (χ0) is 14.0. The molecule has 0 aromatic rings. The molecule has 1 N–H and O–H groups in total. The summed E-state index contributed by atoms with van der Waals surface area (Å²) in [6.07, 6.45) is 6.33. The Hall–Kier alpha value is -1.06. The molecule has 19 heavy (non-hydrogen) atoms. The highest BCUT2D eigenvalue weighted by molar-refractivity contribution is 5.85. The molecule has 0 bridgehead atoms. The molecule has 0 aromatic heterocycles. The first-order valence-electron chi connectivity index (χ1n) is 7.46. The fourth-order valence-corrected chi connectivity index (χ4v) is 3.79. The van der Waals surface area contributed by atoms with Gasteiger partial charge in [-0.1, -0.05) is 19.8 Å². The van der Waals surface area contributed by atoms with Crippen LogP contribution in [0, 0.1) is 23.7 Å². The summed E-state index contributed by atoms with van der Waals surface area (Å²) in [5.41, 5.74) is 0. The molecule has 2 aliphatic carbocycles. The molecule has 4 heteroatoms. The topological polar surface area (TPSA) is 57.6 Å². The van der Waals surface area contributed by atoms with Crippen molar-refractivity contribution in [3.63, 3.8) is 0 Å². The molecule has 2 rings (SSSR count). The number of carbonyl (C=O) groups excluding carboxylic acids is 1. The van der Waals surface area contributed by atoms with E-state index in [1.54, 1.807) is 4.90 Å². The van der Waals surface area contributed by atoms with Crippen molar-refractivity contribution in [3.05, 3.63) is 0 Å². The van der Waals surface area contributed by atoms with Gasteiger partial charge < -0.3 is 10.0 Å². The first-order valence-corrected chi connectivity index (χ1v) is 7.46. The molecule has 0 heterocycles. The second-order valence-electron chi connectivity index (χ2n) is 6.50. The molecule has 0 aromatic carbocycles. The molecule has 2 fully saturated rings. The van der Waals surface area contributed by atoms with Crippen molar-refractivity contribution in [1.29, 1.82) is 0 Å². The highest BCUT2D eigenvalue weighted by atomic mass is 16.4. The average molecular weight is 267 g/mol. The van der Waals surface area contributed by atoms with E-state index in [1.165, 1.54) is 25.7 Å². The Kier molecular flexibility index (Phi) is 4.48. The van der Waals surface area contributed by atoms with Gasteiger partial charge in [0.05, 0.1) is 11.8 Å². The highest BCUT2D eigenvalue weighted by Gasteiger charge is 2.42. The van der Waals surface area contributed by atoms with Crippen LogP contribution in [0.1, 0.15) is 45.4 Å². The predicted octanol–water partition coefficient (Wildman–Crippen LogP) is 2.38. The lowest BCUT2D eigenvalue weighted by atomic mass is 9.94. The third-order valence-corrected chi connectivity index (χ3v) is 4.82. The fraction of sp³-hybridized carbons (Fsp3) is 0.867. The molecule has 0 radical (unpaired) electrons. The molecule has 2 saturated carbocycles. The molecule has 2 aliphatic rings. The molecule has 1 unspecified atom stereocenters. The molecule has 108 valence electrons. The van der Waals surface area contributed by atoms with E-state index >= 15 is 0 Å². The quantitative estimate of drug-likeness (QED) is 0.850. The van der Waals surface area contributed by atoms with Crippen LogP contribution in [0.25, 0.3) is 0 Å². The van der Waals surface area contributed by atoms with Gasteiger partial charge in [0, 0.05) is 13.6 Å². The van der Waals surface area contributed by atoms with E-state index in [0.717, 1.165) is 13.0 Å². The lowest BCUT2D eigenvalue weighted by molar-refractivity contribution is -0.148. The lowest BCUT2D eigenvalue weighted by Gasteiger charge is -2.25. The van der Waals surface area contributed by atoms with Crippen LogP contribution in [0.5, 0.6) is 0 Å². The molecule has 0 aliphatic heterocycles. The summed E-state index contributed by atoms with van der Waals surface area (Å²) in [4.78, 5) is 25.5. The van der Waals surface area contributed by atoms with Gasteiger partial charge in [0.15, 0.2) is 0 Å². The second kappa shape index (κ2) is 5.93. The smallest absolute Gasteiger partial charge is 0.307 e. The van der Waals surface area contributed by atoms with Crippen LogP contribution in [0.2, 0.25) is 0 Å². The molecule has 1 amide bonds. The number of aliphatic carboxylic acids is 1. The van der Waals surface area contributed by atoms with Gasteiger partial charge in [-0.2, -0.15) is 0 Å². The van der Waals surface area contributed by atoms with E-state index in [4.69, 9.17) is 0 Å². The van der Waals surface area contributed by atoms with Crippen molar-refractivity contribution < 1.29 is 14.7 Å². The van der Waals surface area contributed by atoms with Crippen molar-refractivity contribution in [1.82, 2.24) is 4.90 Å². The van der Waals surface area contributed by atoms with Crippen LogP contribution in [0.3, 0.4) is 0 Å². The summed E-state index contributed by atoms with van der Waals surface area (Å²) >= 11 is 0. The monoisotopic (exact) mass is 267 g/mol. The Labute approximate surface area is 115 Å². The van der Waals surface area contributed by atoms with Gasteiger partial charge in [-0.25, -0.2) is 0 Å². The SMILES string of the molecule is CC1C[C@H](C(=O)N(C)CC2CCCC2)[C@H](C(=O)O)C1. The summed E-state index contributed by atoms with van der Waals surface area (Å²) in [5, 5.41) is 9.25. The maximum atomic E-state index is 12.5. The second-order valence-corrected chi connectivity index (χ2v) is 6.50. The van der Waals surface area contributed by atoms with Gasteiger partial charge in [-0.05, 0) is 37.5 Å². The summed E-state index contributed by atoms with van der Waals surface area (Å²) in [6, 6.07) is 0. The maximum Gasteiger partial charge on any atom is 0.307 e. The van der Waals surface area contributed by atoms with Crippen LogP contribution >= 0.6 is 0 Å². The number of rotatable bonds is 4. The van der Waals surface area contributed by atoms with E-state index < -0.39 is 11.9 Å². The Balaban J connectivity index is 1.95. The minimum Gasteiger partial charge on any atom is -0.481 e. The van der Waals surface area contributed by atoms with E-state index in [0.29, 0.717) is 18.3 Å². The van der Waals surface area contributed by atoms with Crippen molar-refractivity contribution >= 4 is 11.9 Å². The summed E-state index contributed by atoms with van der Waals surface area (Å²) in [6.45, 7) is 2.84. The first kappa shape index (κ1) is 14.4. The van der Waals surface area contributed by atoms with Gasteiger partial charge in [0.25, 0.3) is 0 Å². The average Bonchev–Trinajstić information content (AvgIpc) is 2.97. The number of carboxylic acid groups (broad SMARTS) is 1. The zero-order valence-corrected chi connectivity index (χ0v) is 12.0. The van der Waals surface area contributed by atoms with Crippen LogP contribution < -0.4 is 0 Å². The van der Waals surface area contributed by atoms with Crippen molar-refractivity contribution in [2.24, 2.45) is 23.7 Å². The highest BCUT2D eigenvalue weighted by Crippen LogP contribution is 2.37. The van der Waals surface area contributed by atoms with Gasteiger partial charge >= 0.3 is 5.97 Å². The lowest BCUT2D eigenvalue weighted by Crippen LogP contribution is -2.39. The van der Waals surface area contributed by atoms with E-state index in [2.05, 4.69) is 0 Å². The normalized spacial score (nSPS) is 31.6. The Morgan fingerprint density at radius 3 is 2.32 bits per heavy atom. The standard InChI is InChI=1S/C15H25NO3/c1-10-7-12(13(8-10)15(18)19)14(17)16(2)9-11-5-3-4-6-11/h10-13H,3-9H2,1-2H3,(H,18,19)/t10?,12-,13+/m0/s1. The zero-order valence-electron chi connectivity index (χ0n) is 12.0. The number of carboxylic acids is 1. The Bertz CT molecular complexity index is 349. The van der Waals surface area contributed by atoms with Crippen LogP contribution in [-0.4, -0.2) is 35.5 Å². The molecule has 3 atom stereocenters. The van der Waals surface area contributed by atoms with Crippen molar-refractivity contribution in [2.45, 2.75) is 45.4 Å². The molecule has 0 saturated heterocycles. The Morgan fingerprint density at radius 2 is 1.74 bits per heavy atom. The first-order chi connectivity index (χ1) is 8.99. The molecular formula is C15H25NO3. The summed E-state index contributed by atoms with van der Waals surface area (Å²) in [7, 11) is 1.84. The number of nitrogens with zero attached hydrogens (tertiary/aromatic N) is 1. The van der Waals surface area contributed by atoms with Gasteiger partial charge in [0.2, 0.25) is 5.91 Å². The summed E-state index contributed by atoms with van der Waals surface area (Å²) in [5.74, 6) is -0.584. The predicted molar refractivity (Wildman–Crippen MR) is 72.6 cm³/mol. The van der Waals surface area contributed by atoms with Gasteiger partial charge in [0.1, 0.15) is 0 Å². The Morgan fingerprint density at radius 1 is 1.16 bits per heavy atom. The van der Waals surface area contributed by atoms with Gasteiger partial charge in [-0.15, -0.1) is 0 Å². The number of hydrogen-bond acceptors (Lipinski definition) is 2. The fourth-order valence-electron chi connectivity index (χ4n) is 3.79. The van der Waals surface area contributed by atoms with Crippen LogP contribution in [0.15, 0.2) is 0 Å².